The monoisotopic (exact) mass is 432 g/mol. The van der Waals surface area contributed by atoms with Gasteiger partial charge < -0.3 is 4.74 Å². The Kier molecular flexibility index (Phi) is 5.56. The Morgan fingerprint density at radius 2 is 1.90 bits per heavy atom. The quantitative estimate of drug-likeness (QED) is 0.651. The summed E-state index contributed by atoms with van der Waals surface area (Å²) >= 11 is 1.51. The van der Waals surface area contributed by atoms with Gasteiger partial charge in [-0.3, -0.25) is 4.98 Å². The molecule has 152 valence electrons. The molecular formula is C18H20N6O3S2. The van der Waals surface area contributed by atoms with Crippen molar-refractivity contribution in [3.05, 3.63) is 48.5 Å². The number of aromatic nitrogens is 3. The van der Waals surface area contributed by atoms with Gasteiger partial charge >= 0.3 is 0 Å². The second kappa shape index (κ2) is 8.13. The number of primary sulfonamides is 1. The van der Waals surface area contributed by atoms with Gasteiger partial charge in [0.15, 0.2) is 5.82 Å². The van der Waals surface area contributed by atoms with Crippen LogP contribution in [-0.2, 0) is 14.8 Å². The summed E-state index contributed by atoms with van der Waals surface area (Å²) in [5, 5.41) is 10.1. The van der Waals surface area contributed by atoms with Crippen molar-refractivity contribution in [1.82, 2.24) is 20.0 Å². The Morgan fingerprint density at radius 3 is 2.52 bits per heavy atom. The molecule has 0 unspecified atom stereocenters. The molecule has 2 aromatic heterocycles. The van der Waals surface area contributed by atoms with Crippen molar-refractivity contribution in [3.63, 3.8) is 0 Å². The minimum atomic E-state index is -3.72. The molecule has 0 amide bonds. The van der Waals surface area contributed by atoms with Crippen LogP contribution in [0.5, 0.6) is 0 Å². The van der Waals surface area contributed by atoms with Gasteiger partial charge in [-0.2, -0.15) is 0 Å². The third-order valence-electron chi connectivity index (χ3n) is 4.45. The van der Waals surface area contributed by atoms with Crippen molar-refractivity contribution in [3.8, 4) is 10.4 Å². The molecule has 29 heavy (non-hydrogen) atoms. The maximum Gasteiger partial charge on any atom is 0.238 e. The second-order valence-electron chi connectivity index (χ2n) is 6.42. The van der Waals surface area contributed by atoms with Gasteiger partial charge in [-0.15, -0.1) is 0 Å². The van der Waals surface area contributed by atoms with E-state index >= 15 is 0 Å². The summed E-state index contributed by atoms with van der Waals surface area (Å²) in [6.07, 6.45) is 4.98. The molecule has 1 aliphatic rings. The van der Waals surface area contributed by atoms with Crippen LogP contribution in [0.2, 0.25) is 0 Å². The number of hydrogen-bond donors (Lipinski definition) is 1. The van der Waals surface area contributed by atoms with Crippen molar-refractivity contribution in [2.45, 2.75) is 11.8 Å². The zero-order valence-electron chi connectivity index (χ0n) is 15.7. The Morgan fingerprint density at radius 1 is 1.17 bits per heavy atom. The fourth-order valence-corrected chi connectivity index (χ4v) is 4.68. The average molecular weight is 433 g/mol. The van der Waals surface area contributed by atoms with Crippen LogP contribution in [0.3, 0.4) is 0 Å². The van der Waals surface area contributed by atoms with Gasteiger partial charge in [0.2, 0.25) is 15.2 Å². The van der Waals surface area contributed by atoms with E-state index < -0.39 is 10.0 Å². The van der Waals surface area contributed by atoms with Gasteiger partial charge in [0, 0.05) is 25.5 Å². The summed E-state index contributed by atoms with van der Waals surface area (Å²) in [5.41, 5.74) is 1.72. The predicted octanol–water partition coefficient (Wildman–Crippen LogP) is 1.94. The average Bonchev–Trinajstić information content (AvgIpc) is 3.10. The summed E-state index contributed by atoms with van der Waals surface area (Å²) in [4.78, 5) is 14.4. The molecule has 0 aliphatic carbocycles. The van der Waals surface area contributed by atoms with E-state index in [4.69, 9.17) is 14.9 Å². The number of morpholine rings is 1. The SMILES string of the molecule is Cc1nc(N(c2cnccn2)N2CCOCC2)sc1-c1ccc(S(N)(=O)=O)cc1. The molecule has 2 N–H and O–H groups in total. The number of benzene rings is 1. The summed E-state index contributed by atoms with van der Waals surface area (Å²) in [7, 11) is -3.72. The number of ether oxygens (including phenoxy) is 1. The third kappa shape index (κ3) is 4.28. The lowest BCUT2D eigenvalue weighted by Crippen LogP contribution is -2.46. The maximum atomic E-state index is 11.5. The van der Waals surface area contributed by atoms with Crippen molar-refractivity contribution >= 4 is 32.3 Å². The molecule has 1 aliphatic heterocycles. The first kappa shape index (κ1) is 19.9. The van der Waals surface area contributed by atoms with Gasteiger partial charge in [0.1, 0.15) is 0 Å². The molecule has 1 fully saturated rings. The topological polar surface area (TPSA) is 115 Å². The van der Waals surface area contributed by atoms with Crippen molar-refractivity contribution < 1.29 is 13.2 Å². The van der Waals surface area contributed by atoms with Crippen LogP contribution in [0.25, 0.3) is 10.4 Å². The molecule has 0 radical (unpaired) electrons. The number of sulfonamides is 1. The van der Waals surface area contributed by atoms with Crippen molar-refractivity contribution in [2.75, 3.05) is 31.3 Å². The van der Waals surface area contributed by atoms with Gasteiger partial charge in [0.25, 0.3) is 0 Å². The number of thiazole rings is 1. The highest BCUT2D eigenvalue weighted by atomic mass is 32.2. The largest absolute Gasteiger partial charge is 0.379 e. The van der Waals surface area contributed by atoms with Crippen LogP contribution in [0.1, 0.15) is 5.69 Å². The molecule has 0 spiro atoms. The number of hydrogen-bond acceptors (Lipinski definition) is 9. The Bertz CT molecular complexity index is 1080. The first-order valence-corrected chi connectivity index (χ1v) is 11.3. The molecular weight excluding hydrogens is 412 g/mol. The zero-order chi connectivity index (χ0) is 20.4. The first-order valence-electron chi connectivity index (χ1n) is 8.93. The van der Waals surface area contributed by atoms with Crippen LogP contribution in [-0.4, -0.2) is 54.7 Å². The van der Waals surface area contributed by atoms with Gasteiger partial charge in [-0.1, -0.05) is 23.5 Å². The number of anilines is 2. The van der Waals surface area contributed by atoms with Crippen LogP contribution < -0.4 is 10.1 Å². The highest BCUT2D eigenvalue weighted by molar-refractivity contribution is 7.89. The third-order valence-corrected chi connectivity index (χ3v) is 6.56. The van der Waals surface area contributed by atoms with E-state index in [1.807, 2.05) is 11.9 Å². The molecule has 4 rings (SSSR count). The van der Waals surface area contributed by atoms with E-state index in [0.717, 1.165) is 21.3 Å². The molecule has 3 aromatic rings. The van der Waals surface area contributed by atoms with E-state index in [1.54, 1.807) is 30.7 Å². The Labute approximate surface area is 172 Å². The predicted molar refractivity (Wildman–Crippen MR) is 110 cm³/mol. The normalized spacial score (nSPS) is 15.4. The van der Waals surface area contributed by atoms with Crippen molar-refractivity contribution in [1.29, 1.82) is 0 Å². The number of aryl methyl sites for hydroxylation is 1. The maximum absolute atomic E-state index is 11.5. The van der Waals surface area contributed by atoms with Gasteiger partial charge in [-0.25, -0.2) is 33.5 Å². The number of rotatable bonds is 5. The summed E-state index contributed by atoms with van der Waals surface area (Å²) in [6, 6.07) is 6.49. The van der Waals surface area contributed by atoms with Crippen molar-refractivity contribution in [2.24, 2.45) is 5.14 Å². The fraction of sp³-hybridized carbons (Fsp3) is 0.278. The number of nitrogens with zero attached hydrogens (tertiary/aromatic N) is 5. The zero-order valence-corrected chi connectivity index (χ0v) is 17.4. The summed E-state index contributed by atoms with van der Waals surface area (Å²) in [5.74, 6) is 0.680. The Balaban J connectivity index is 1.72. The second-order valence-corrected chi connectivity index (χ2v) is 8.96. The standard InChI is InChI=1S/C18H20N6O3S2/c1-13-17(14-2-4-15(5-3-14)29(19,25)26)28-18(22-13)24(16-12-20-6-7-21-16)23-8-10-27-11-9-23/h2-7,12H,8-11H2,1H3,(H2,19,25,26). The molecule has 0 atom stereocenters. The van der Waals surface area contributed by atoms with Crippen LogP contribution in [0, 0.1) is 6.92 Å². The van der Waals surface area contributed by atoms with Crippen LogP contribution >= 0.6 is 11.3 Å². The minimum Gasteiger partial charge on any atom is -0.379 e. The Hall–Kier alpha value is -2.44. The summed E-state index contributed by atoms with van der Waals surface area (Å²) < 4.78 is 28.5. The first-order chi connectivity index (χ1) is 13.9. The highest BCUT2D eigenvalue weighted by Crippen LogP contribution is 2.38. The van der Waals surface area contributed by atoms with Crippen LogP contribution in [0.15, 0.2) is 47.8 Å². The van der Waals surface area contributed by atoms with E-state index in [1.165, 1.54) is 23.5 Å². The van der Waals surface area contributed by atoms with Crippen LogP contribution in [0.4, 0.5) is 10.9 Å². The van der Waals surface area contributed by atoms with E-state index in [-0.39, 0.29) is 4.90 Å². The lowest BCUT2D eigenvalue weighted by atomic mass is 10.2. The number of hydrazine groups is 1. The molecule has 0 bridgehead atoms. The lowest BCUT2D eigenvalue weighted by molar-refractivity contribution is 0.0374. The summed E-state index contributed by atoms with van der Waals surface area (Å²) in [6.45, 7) is 4.62. The molecule has 1 aromatic carbocycles. The van der Waals surface area contributed by atoms with E-state index in [2.05, 4.69) is 15.0 Å². The minimum absolute atomic E-state index is 0.0816. The van der Waals surface area contributed by atoms with E-state index in [0.29, 0.717) is 32.1 Å². The molecule has 9 nitrogen and oxygen atoms in total. The molecule has 0 saturated carbocycles. The molecule has 1 saturated heterocycles. The van der Waals surface area contributed by atoms with Gasteiger partial charge in [0.05, 0.1) is 34.9 Å². The number of nitrogens with two attached hydrogens (primary N) is 1. The molecule has 11 heteroatoms. The molecule has 3 heterocycles. The van der Waals surface area contributed by atoms with Gasteiger partial charge in [-0.05, 0) is 24.6 Å². The highest BCUT2D eigenvalue weighted by Gasteiger charge is 2.26. The smallest absolute Gasteiger partial charge is 0.238 e. The lowest BCUT2D eigenvalue weighted by Gasteiger charge is -2.35. The fourth-order valence-electron chi connectivity index (χ4n) is 3.05. The van der Waals surface area contributed by atoms with E-state index in [9.17, 15) is 8.42 Å².